The lowest BCUT2D eigenvalue weighted by atomic mass is 9.74. The van der Waals surface area contributed by atoms with Gasteiger partial charge in [-0.05, 0) is 31.0 Å². The molecule has 5 nitrogen and oxygen atoms in total. The van der Waals surface area contributed by atoms with Crippen LogP contribution in [-0.4, -0.2) is 26.7 Å². The second-order valence-corrected chi connectivity index (χ2v) is 7.73. The first-order chi connectivity index (χ1) is 9.86. The third kappa shape index (κ3) is 4.10. The second-order valence-electron chi connectivity index (χ2n) is 5.76. The number of aliphatic hydroxyl groups is 1. The molecule has 1 aliphatic carbocycles. The van der Waals surface area contributed by atoms with Gasteiger partial charge in [-0.25, -0.2) is 13.6 Å². The summed E-state index contributed by atoms with van der Waals surface area (Å²) in [4.78, 5) is 0.0242. The first kappa shape index (κ1) is 16.5. The quantitative estimate of drug-likeness (QED) is 0.771. The van der Waals surface area contributed by atoms with E-state index in [4.69, 9.17) is 16.7 Å². The van der Waals surface area contributed by atoms with E-state index in [0.717, 1.165) is 25.7 Å². The average Bonchev–Trinajstić information content (AvgIpc) is 2.46. The van der Waals surface area contributed by atoms with Gasteiger partial charge in [-0.2, -0.15) is 0 Å². The summed E-state index contributed by atoms with van der Waals surface area (Å²) in [6.07, 6.45) is 5.33. The van der Waals surface area contributed by atoms with Gasteiger partial charge in [0.05, 0.1) is 22.2 Å². The number of nitrogens with one attached hydrogen (secondary N) is 1. The molecule has 0 saturated heterocycles. The Morgan fingerprint density at radius 1 is 1.29 bits per heavy atom. The molecular formula is C14H21ClN2O3S. The van der Waals surface area contributed by atoms with Crippen LogP contribution in [0, 0.1) is 5.41 Å². The number of nitrogens with two attached hydrogens (primary N) is 1. The minimum atomic E-state index is -3.75. The van der Waals surface area contributed by atoms with Crippen molar-refractivity contribution in [3.05, 3.63) is 23.2 Å². The van der Waals surface area contributed by atoms with Gasteiger partial charge >= 0.3 is 0 Å². The van der Waals surface area contributed by atoms with Crippen LogP contribution in [0.4, 0.5) is 5.69 Å². The first-order valence-corrected chi connectivity index (χ1v) is 8.96. The highest BCUT2D eigenvalue weighted by molar-refractivity contribution is 7.89. The molecule has 118 valence electrons. The number of hydrogen-bond acceptors (Lipinski definition) is 4. The molecule has 0 spiro atoms. The Balaban J connectivity index is 2.15. The van der Waals surface area contributed by atoms with Crippen molar-refractivity contribution in [2.24, 2.45) is 10.6 Å². The predicted octanol–water partition coefficient (Wildman–Crippen LogP) is 2.34. The van der Waals surface area contributed by atoms with Crippen LogP contribution in [0.2, 0.25) is 5.02 Å². The second kappa shape index (κ2) is 6.52. The summed E-state index contributed by atoms with van der Waals surface area (Å²) >= 11 is 6.09. The lowest BCUT2D eigenvalue weighted by Gasteiger charge is -2.36. The first-order valence-electron chi connectivity index (χ1n) is 7.03. The number of anilines is 1. The van der Waals surface area contributed by atoms with Gasteiger partial charge in [0.2, 0.25) is 10.0 Å². The Kier molecular flexibility index (Phi) is 5.14. The third-order valence-corrected chi connectivity index (χ3v) is 5.41. The van der Waals surface area contributed by atoms with E-state index in [1.807, 2.05) is 0 Å². The normalized spacial score (nSPS) is 18.4. The van der Waals surface area contributed by atoms with Crippen LogP contribution in [0.25, 0.3) is 0 Å². The molecule has 2 rings (SSSR count). The van der Waals surface area contributed by atoms with E-state index in [1.165, 1.54) is 24.6 Å². The van der Waals surface area contributed by atoms with Crippen LogP contribution in [0.3, 0.4) is 0 Å². The van der Waals surface area contributed by atoms with Gasteiger partial charge in [-0.15, -0.1) is 0 Å². The molecule has 1 aromatic rings. The fourth-order valence-corrected chi connectivity index (χ4v) is 3.52. The fraction of sp³-hybridized carbons (Fsp3) is 0.571. The van der Waals surface area contributed by atoms with Gasteiger partial charge in [0.1, 0.15) is 0 Å². The molecular weight excluding hydrogens is 312 g/mol. The maximum absolute atomic E-state index is 11.4. The number of benzene rings is 1. The summed E-state index contributed by atoms with van der Waals surface area (Å²) in [5, 5.41) is 18.4. The summed E-state index contributed by atoms with van der Waals surface area (Å²) in [7, 11) is -3.75. The topological polar surface area (TPSA) is 92.4 Å². The van der Waals surface area contributed by atoms with Crippen molar-refractivity contribution in [1.82, 2.24) is 0 Å². The van der Waals surface area contributed by atoms with Crippen molar-refractivity contribution >= 4 is 27.3 Å². The molecule has 0 bridgehead atoms. The van der Waals surface area contributed by atoms with E-state index in [9.17, 15) is 13.5 Å². The maximum Gasteiger partial charge on any atom is 0.238 e. The average molecular weight is 333 g/mol. The number of primary sulfonamides is 1. The Hall–Kier alpha value is -0.820. The van der Waals surface area contributed by atoms with E-state index in [1.54, 1.807) is 0 Å². The lowest BCUT2D eigenvalue weighted by molar-refractivity contribution is 0.0944. The van der Waals surface area contributed by atoms with Crippen molar-refractivity contribution in [2.75, 3.05) is 18.5 Å². The van der Waals surface area contributed by atoms with Crippen molar-refractivity contribution in [3.8, 4) is 0 Å². The van der Waals surface area contributed by atoms with E-state index in [0.29, 0.717) is 17.3 Å². The van der Waals surface area contributed by atoms with Crippen molar-refractivity contribution in [3.63, 3.8) is 0 Å². The van der Waals surface area contributed by atoms with E-state index in [-0.39, 0.29) is 16.9 Å². The molecule has 1 aromatic carbocycles. The molecule has 0 aliphatic heterocycles. The molecule has 1 aliphatic rings. The highest BCUT2D eigenvalue weighted by Gasteiger charge is 2.31. The molecule has 4 N–H and O–H groups in total. The Morgan fingerprint density at radius 3 is 2.52 bits per heavy atom. The molecule has 0 amide bonds. The molecule has 1 fully saturated rings. The molecule has 0 atom stereocenters. The molecule has 0 aromatic heterocycles. The van der Waals surface area contributed by atoms with Gasteiger partial charge in [-0.1, -0.05) is 30.9 Å². The van der Waals surface area contributed by atoms with Crippen molar-refractivity contribution in [1.29, 1.82) is 0 Å². The van der Waals surface area contributed by atoms with Crippen LogP contribution < -0.4 is 10.5 Å². The maximum atomic E-state index is 11.4. The number of rotatable bonds is 5. The fourth-order valence-electron chi connectivity index (χ4n) is 2.79. The van der Waals surface area contributed by atoms with Gasteiger partial charge < -0.3 is 10.4 Å². The van der Waals surface area contributed by atoms with Crippen LogP contribution in [0.15, 0.2) is 23.1 Å². The molecule has 0 radical (unpaired) electrons. The zero-order valence-corrected chi connectivity index (χ0v) is 13.4. The number of hydrogen-bond donors (Lipinski definition) is 3. The van der Waals surface area contributed by atoms with Crippen LogP contribution in [0.5, 0.6) is 0 Å². The standard InChI is InChI=1S/C14H21ClN2O3S/c15-12-5-4-11(21(16,19)20)8-13(12)17-9-14(10-18)6-2-1-3-7-14/h4-5,8,17-18H,1-3,6-7,9-10H2,(H2,16,19,20). The smallest absolute Gasteiger partial charge is 0.238 e. The minimum absolute atomic E-state index is 0.0242. The largest absolute Gasteiger partial charge is 0.396 e. The highest BCUT2D eigenvalue weighted by Crippen LogP contribution is 2.36. The monoisotopic (exact) mass is 332 g/mol. The number of sulfonamides is 1. The van der Waals surface area contributed by atoms with Gasteiger partial charge in [0, 0.05) is 12.0 Å². The van der Waals surface area contributed by atoms with E-state index >= 15 is 0 Å². The SMILES string of the molecule is NS(=O)(=O)c1ccc(Cl)c(NCC2(CO)CCCCC2)c1. The van der Waals surface area contributed by atoms with Crippen LogP contribution >= 0.6 is 11.6 Å². The summed E-state index contributed by atoms with van der Waals surface area (Å²) in [6.45, 7) is 0.684. The molecule has 0 heterocycles. The van der Waals surface area contributed by atoms with Gasteiger partial charge in [-0.3, -0.25) is 0 Å². The lowest BCUT2D eigenvalue weighted by Crippen LogP contribution is -2.35. The summed E-state index contributed by atoms with van der Waals surface area (Å²) < 4.78 is 22.8. The van der Waals surface area contributed by atoms with E-state index in [2.05, 4.69) is 5.32 Å². The highest BCUT2D eigenvalue weighted by atomic mass is 35.5. The number of halogens is 1. The summed E-state index contributed by atoms with van der Waals surface area (Å²) in [5.41, 5.74) is 0.376. The predicted molar refractivity (Wildman–Crippen MR) is 83.9 cm³/mol. The molecule has 0 unspecified atom stereocenters. The Morgan fingerprint density at radius 2 is 1.95 bits per heavy atom. The Bertz CT molecular complexity index is 598. The zero-order valence-electron chi connectivity index (χ0n) is 11.8. The van der Waals surface area contributed by atoms with Crippen LogP contribution in [0.1, 0.15) is 32.1 Å². The van der Waals surface area contributed by atoms with Crippen LogP contribution in [-0.2, 0) is 10.0 Å². The van der Waals surface area contributed by atoms with Gasteiger partial charge in [0.25, 0.3) is 0 Å². The van der Waals surface area contributed by atoms with Gasteiger partial charge in [0.15, 0.2) is 0 Å². The molecule has 21 heavy (non-hydrogen) atoms. The molecule has 1 saturated carbocycles. The third-order valence-electron chi connectivity index (χ3n) is 4.17. The number of aliphatic hydroxyl groups excluding tert-OH is 1. The van der Waals surface area contributed by atoms with Crippen molar-refractivity contribution in [2.45, 2.75) is 37.0 Å². The van der Waals surface area contributed by atoms with E-state index < -0.39 is 10.0 Å². The van der Waals surface area contributed by atoms with Crippen molar-refractivity contribution < 1.29 is 13.5 Å². The Labute approximate surface area is 130 Å². The summed E-state index contributed by atoms with van der Waals surface area (Å²) in [5.74, 6) is 0. The minimum Gasteiger partial charge on any atom is -0.396 e. The zero-order chi connectivity index (χ0) is 15.5. The molecule has 7 heteroatoms. The summed E-state index contributed by atoms with van der Waals surface area (Å²) in [6, 6.07) is 4.33.